The summed E-state index contributed by atoms with van der Waals surface area (Å²) in [5, 5.41) is 2.92. The number of allylic oxidation sites excluding steroid dienone is 2. The lowest BCUT2D eigenvalue weighted by Crippen LogP contribution is -2.47. The zero-order valence-electron chi connectivity index (χ0n) is 13.2. The molecule has 4 heteroatoms. The number of hydrogen-bond donors (Lipinski definition) is 2. The summed E-state index contributed by atoms with van der Waals surface area (Å²) >= 11 is 0. The Morgan fingerprint density at radius 3 is 2.20 bits per heavy atom. The molecule has 0 heterocycles. The number of amides is 2. The number of rotatable bonds is 8. The van der Waals surface area contributed by atoms with Crippen LogP contribution in [0.15, 0.2) is 24.8 Å². The van der Waals surface area contributed by atoms with E-state index in [0.717, 1.165) is 5.57 Å². The van der Waals surface area contributed by atoms with E-state index in [1.165, 1.54) is 0 Å². The van der Waals surface area contributed by atoms with Crippen LogP contribution in [0, 0.1) is 11.8 Å². The highest BCUT2D eigenvalue weighted by atomic mass is 16.2. The molecule has 3 N–H and O–H groups in total. The normalized spacial score (nSPS) is 14.2. The van der Waals surface area contributed by atoms with Crippen molar-refractivity contribution >= 4 is 11.8 Å². The first-order chi connectivity index (χ1) is 9.08. The highest BCUT2D eigenvalue weighted by Crippen LogP contribution is 2.25. The fraction of sp³-hybridized carbons (Fsp3) is 0.625. The molecule has 0 aliphatic rings. The Morgan fingerprint density at radius 1 is 1.30 bits per heavy atom. The molecule has 0 bridgehead atoms. The van der Waals surface area contributed by atoms with Crippen molar-refractivity contribution in [2.45, 2.75) is 52.5 Å². The molecule has 20 heavy (non-hydrogen) atoms. The van der Waals surface area contributed by atoms with Crippen LogP contribution in [0.1, 0.15) is 47.0 Å². The average molecular weight is 280 g/mol. The van der Waals surface area contributed by atoms with Crippen LogP contribution >= 0.6 is 0 Å². The summed E-state index contributed by atoms with van der Waals surface area (Å²) in [6.45, 7) is 15.1. The third-order valence-corrected chi connectivity index (χ3v) is 2.94. The van der Waals surface area contributed by atoms with Gasteiger partial charge in [-0.15, -0.1) is 13.2 Å². The summed E-state index contributed by atoms with van der Waals surface area (Å²) < 4.78 is 0. The zero-order valence-corrected chi connectivity index (χ0v) is 13.2. The van der Waals surface area contributed by atoms with Gasteiger partial charge in [0.15, 0.2) is 0 Å². The molecule has 114 valence electrons. The van der Waals surface area contributed by atoms with Crippen LogP contribution in [0.25, 0.3) is 0 Å². The lowest BCUT2D eigenvalue weighted by Gasteiger charge is -2.28. The average Bonchev–Trinajstić information content (AvgIpc) is 2.24. The SMILES string of the molecule is C=CCCC(C(N)=O)[C@@H](CC(=C)C)C(=O)NC(C)(C)C. The van der Waals surface area contributed by atoms with Gasteiger partial charge in [0.25, 0.3) is 0 Å². The second kappa shape index (κ2) is 7.88. The molecule has 2 atom stereocenters. The minimum atomic E-state index is -0.493. The fourth-order valence-electron chi connectivity index (χ4n) is 2.09. The van der Waals surface area contributed by atoms with Crippen molar-refractivity contribution in [3.8, 4) is 0 Å². The van der Waals surface area contributed by atoms with E-state index in [-0.39, 0.29) is 11.4 Å². The van der Waals surface area contributed by atoms with Gasteiger partial charge in [-0.25, -0.2) is 0 Å². The van der Waals surface area contributed by atoms with E-state index in [0.29, 0.717) is 19.3 Å². The number of nitrogens with two attached hydrogens (primary N) is 1. The van der Waals surface area contributed by atoms with Crippen LogP contribution in [-0.4, -0.2) is 17.4 Å². The third-order valence-electron chi connectivity index (χ3n) is 2.94. The standard InChI is InChI=1S/C16H28N2O2/c1-7-8-9-12(14(17)19)13(10-11(2)3)15(20)18-16(4,5)6/h7,12-13H,1-2,8-10H2,3-6H3,(H2,17,19)(H,18,20)/t12?,13-/m1/s1. The first kappa shape index (κ1) is 18.4. The Bertz CT molecular complexity index is 380. The van der Waals surface area contributed by atoms with Crippen molar-refractivity contribution in [1.82, 2.24) is 5.32 Å². The Balaban J connectivity index is 5.17. The Labute approximate surface area is 122 Å². The second-order valence-corrected chi connectivity index (χ2v) is 6.38. The molecule has 2 amide bonds. The molecule has 0 rings (SSSR count). The van der Waals surface area contributed by atoms with Gasteiger partial charge < -0.3 is 11.1 Å². The second-order valence-electron chi connectivity index (χ2n) is 6.38. The smallest absolute Gasteiger partial charge is 0.224 e. The predicted molar refractivity (Wildman–Crippen MR) is 82.9 cm³/mol. The van der Waals surface area contributed by atoms with E-state index >= 15 is 0 Å². The minimum absolute atomic E-state index is 0.145. The van der Waals surface area contributed by atoms with E-state index in [1.54, 1.807) is 6.08 Å². The van der Waals surface area contributed by atoms with E-state index < -0.39 is 17.7 Å². The third kappa shape index (κ3) is 7.12. The van der Waals surface area contributed by atoms with E-state index in [9.17, 15) is 9.59 Å². The quantitative estimate of drug-likeness (QED) is 0.671. The molecule has 0 aromatic heterocycles. The number of hydrogen-bond acceptors (Lipinski definition) is 2. The molecule has 0 aromatic carbocycles. The number of nitrogens with one attached hydrogen (secondary N) is 1. The van der Waals surface area contributed by atoms with Gasteiger partial charge in [-0.1, -0.05) is 11.6 Å². The highest BCUT2D eigenvalue weighted by molar-refractivity contribution is 5.87. The van der Waals surface area contributed by atoms with Gasteiger partial charge in [0, 0.05) is 11.5 Å². The summed E-state index contributed by atoms with van der Waals surface area (Å²) in [4.78, 5) is 24.1. The zero-order chi connectivity index (χ0) is 15.9. The van der Waals surface area contributed by atoms with Crippen LogP contribution in [0.3, 0.4) is 0 Å². The molecule has 0 aliphatic carbocycles. The van der Waals surface area contributed by atoms with Crippen molar-refractivity contribution in [2.24, 2.45) is 17.6 Å². The topological polar surface area (TPSA) is 72.2 Å². The Kier molecular flexibility index (Phi) is 7.25. The largest absolute Gasteiger partial charge is 0.369 e. The summed E-state index contributed by atoms with van der Waals surface area (Å²) in [5.41, 5.74) is 6.00. The van der Waals surface area contributed by atoms with Gasteiger partial charge in [-0.2, -0.15) is 0 Å². The number of carbonyl (C=O) groups is 2. The number of primary amides is 1. The molecule has 4 nitrogen and oxygen atoms in total. The van der Waals surface area contributed by atoms with Crippen molar-refractivity contribution in [3.05, 3.63) is 24.8 Å². The van der Waals surface area contributed by atoms with E-state index in [1.807, 2.05) is 27.7 Å². The highest BCUT2D eigenvalue weighted by Gasteiger charge is 2.33. The molecular weight excluding hydrogens is 252 g/mol. The summed E-state index contributed by atoms with van der Waals surface area (Å²) in [7, 11) is 0. The molecular formula is C16H28N2O2. The van der Waals surface area contributed by atoms with Gasteiger partial charge in [-0.05, 0) is 47.0 Å². The van der Waals surface area contributed by atoms with E-state index in [2.05, 4.69) is 18.5 Å². The minimum Gasteiger partial charge on any atom is -0.369 e. The predicted octanol–water partition coefficient (Wildman–Crippen LogP) is 2.55. The summed E-state index contributed by atoms with van der Waals surface area (Å²) in [5.74, 6) is -1.55. The summed E-state index contributed by atoms with van der Waals surface area (Å²) in [6.07, 6.45) is 3.39. The van der Waals surface area contributed by atoms with Gasteiger partial charge in [0.1, 0.15) is 0 Å². The fourth-order valence-corrected chi connectivity index (χ4v) is 2.09. The van der Waals surface area contributed by atoms with Gasteiger partial charge in [0.2, 0.25) is 11.8 Å². The summed E-state index contributed by atoms with van der Waals surface area (Å²) in [6, 6.07) is 0. The van der Waals surface area contributed by atoms with Gasteiger partial charge in [0.05, 0.1) is 5.92 Å². The molecule has 0 saturated heterocycles. The number of carbonyl (C=O) groups excluding carboxylic acids is 2. The Morgan fingerprint density at radius 2 is 1.85 bits per heavy atom. The van der Waals surface area contributed by atoms with Crippen LogP contribution in [0.2, 0.25) is 0 Å². The molecule has 1 unspecified atom stereocenters. The maximum Gasteiger partial charge on any atom is 0.224 e. The van der Waals surface area contributed by atoms with Crippen molar-refractivity contribution < 1.29 is 9.59 Å². The molecule has 0 aromatic rings. The lowest BCUT2D eigenvalue weighted by molar-refractivity contribution is -0.134. The first-order valence-corrected chi connectivity index (χ1v) is 6.95. The van der Waals surface area contributed by atoms with Crippen LogP contribution in [0.5, 0.6) is 0 Å². The van der Waals surface area contributed by atoms with Crippen LogP contribution in [-0.2, 0) is 9.59 Å². The van der Waals surface area contributed by atoms with Crippen molar-refractivity contribution in [2.75, 3.05) is 0 Å². The van der Waals surface area contributed by atoms with Gasteiger partial charge in [-0.3, -0.25) is 9.59 Å². The molecule has 0 aliphatic heterocycles. The Hall–Kier alpha value is -1.58. The monoisotopic (exact) mass is 280 g/mol. The lowest BCUT2D eigenvalue weighted by atomic mass is 9.82. The molecule has 0 fully saturated rings. The van der Waals surface area contributed by atoms with Crippen molar-refractivity contribution in [3.63, 3.8) is 0 Å². The molecule has 0 saturated carbocycles. The van der Waals surface area contributed by atoms with Crippen LogP contribution in [0.4, 0.5) is 0 Å². The molecule has 0 radical (unpaired) electrons. The van der Waals surface area contributed by atoms with Crippen molar-refractivity contribution in [1.29, 1.82) is 0 Å². The first-order valence-electron chi connectivity index (χ1n) is 6.95. The van der Waals surface area contributed by atoms with Gasteiger partial charge >= 0.3 is 0 Å². The molecule has 0 spiro atoms. The maximum atomic E-state index is 12.4. The van der Waals surface area contributed by atoms with E-state index in [4.69, 9.17) is 5.73 Å². The maximum absolute atomic E-state index is 12.4. The van der Waals surface area contributed by atoms with Crippen LogP contribution < -0.4 is 11.1 Å².